The van der Waals surface area contributed by atoms with Crippen LogP contribution >= 0.6 is 0 Å². The zero-order valence-electron chi connectivity index (χ0n) is 13.7. The molecule has 2 amide bonds. The van der Waals surface area contributed by atoms with Gasteiger partial charge < -0.3 is 10.2 Å². The van der Waals surface area contributed by atoms with E-state index in [9.17, 15) is 9.59 Å². The Morgan fingerprint density at radius 2 is 2.29 bits per heavy atom. The molecule has 24 heavy (non-hydrogen) atoms. The van der Waals surface area contributed by atoms with Gasteiger partial charge in [0.05, 0.1) is 18.4 Å². The van der Waals surface area contributed by atoms with Gasteiger partial charge in [-0.3, -0.25) is 14.7 Å². The molecule has 3 heterocycles. The maximum absolute atomic E-state index is 12.7. The van der Waals surface area contributed by atoms with E-state index in [0.29, 0.717) is 18.9 Å². The maximum atomic E-state index is 12.7. The summed E-state index contributed by atoms with van der Waals surface area (Å²) in [6.07, 6.45) is 8.78. The fraction of sp³-hybridized carbons (Fsp3) is 0.500. The van der Waals surface area contributed by atoms with E-state index in [0.717, 1.165) is 31.2 Å². The lowest BCUT2D eigenvalue weighted by Crippen LogP contribution is -2.44. The molecular weight excluding hydrogens is 308 g/mol. The molecule has 1 saturated heterocycles. The summed E-state index contributed by atoms with van der Waals surface area (Å²) in [6.45, 7) is 3.30. The summed E-state index contributed by atoms with van der Waals surface area (Å²) in [5.41, 5.74) is 0.937. The Balaban J connectivity index is 1.72. The molecule has 1 fully saturated rings. The molecule has 2 aromatic heterocycles. The van der Waals surface area contributed by atoms with Crippen LogP contribution in [-0.4, -0.2) is 43.2 Å². The first-order valence-corrected chi connectivity index (χ1v) is 8.33. The number of piperidine rings is 1. The molecule has 0 saturated carbocycles. The normalized spacial score (nSPS) is 17.7. The van der Waals surface area contributed by atoms with Crippen LogP contribution < -0.4 is 5.32 Å². The lowest BCUT2D eigenvalue weighted by Gasteiger charge is -2.34. The van der Waals surface area contributed by atoms with Crippen molar-refractivity contribution in [3.63, 3.8) is 0 Å². The van der Waals surface area contributed by atoms with Crippen LogP contribution in [0.4, 0.5) is 5.82 Å². The summed E-state index contributed by atoms with van der Waals surface area (Å²) in [4.78, 5) is 26.7. The highest BCUT2D eigenvalue weighted by Gasteiger charge is 2.32. The molecule has 8 nitrogen and oxygen atoms in total. The number of aromatic nitrogens is 4. The van der Waals surface area contributed by atoms with E-state index in [4.69, 9.17) is 0 Å². The van der Waals surface area contributed by atoms with Crippen molar-refractivity contribution < 1.29 is 9.59 Å². The number of nitrogens with one attached hydrogen (secondary N) is 2. The lowest BCUT2D eigenvalue weighted by atomic mass is 9.97. The minimum Gasteiger partial charge on any atom is -0.327 e. The first-order chi connectivity index (χ1) is 11.7. The Kier molecular flexibility index (Phi) is 4.93. The molecule has 1 atom stereocenters. The Morgan fingerprint density at radius 3 is 3.04 bits per heavy atom. The van der Waals surface area contributed by atoms with Crippen LogP contribution in [0, 0.1) is 0 Å². The van der Waals surface area contributed by atoms with Crippen LogP contribution in [0.2, 0.25) is 0 Å². The van der Waals surface area contributed by atoms with Gasteiger partial charge in [0, 0.05) is 30.9 Å². The Bertz CT molecular complexity index is 693. The maximum Gasteiger partial charge on any atom is 0.315 e. The number of carbonyl (C=O) groups excluding carboxylic acids is 2. The number of aryl methyl sites for hydroxylation is 1. The summed E-state index contributed by atoms with van der Waals surface area (Å²) < 4.78 is 1.69. The highest BCUT2D eigenvalue weighted by Crippen LogP contribution is 2.30. The summed E-state index contributed by atoms with van der Waals surface area (Å²) in [6, 6.07) is 1.60. The van der Waals surface area contributed by atoms with Crippen molar-refractivity contribution in [2.45, 2.75) is 45.2 Å². The van der Waals surface area contributed by atoms with Gasteiger partial charge in [-0.15, -0.1) is 0 Å². The van der Waals surface area contributed by atoms with Crippen LogP contribution in [0.3, 0.4) is 0 Å². The fourth-order valence-corrected chi connectivity index (χ4v) is 3.09. The van der Waals surface area contributed by atoms with Crippen molar-refractivity contribution in [2.75, 3.05) is 11.9 Å². The third-order valence-corrected chi connectivity index (χ3v) is 4.26. The zero-order valence-corrected chi connectivity index (χ0v) is 13.7. The third-order valence-electron chi connectivity index (χ3n) is 4.26. The minimum absolute atomic E-state index is 0.101. The van der Waals surface area contributed by atoms with Crippen molar-refractivity contribution in [1.29, 1.82) is 0 Å². The summed E-state index contributed by atoms with van der Waals surface area (Å²) in [5.74, 6) is -0.583. The molecule has 1 aliphatic heterocycles. The van der Waals surface area contributed by atoms with Crippen molar-refractivity contribution in [3.8, 4) is 0 Å². The average molecular weight is 330 g/mol. The van der Waals surface area contributed by atoms with Crippen LogP contribution in [0.25, 0.3) is 0 Å². The first-order valence-electron chi connectivity index (χ1n) is 8.33. The number of nitrogens with zero attached hydrogens (tertiary/aromatic N) is 4. The second-order valence-corrected chi connectivity index (χ2v) is 5.94. The standard InChI is InChI=1S/C16H22N6O2/c1-2-8-22-14(6-7-19-22)20-15(23)16(24)21-9-4-3-5-13(21)12-10-17-18-11-12/h6-7,10-11,13H,2-5,8-9H2,1H3,(H,17,18)(H,20,23)/t13-/m0/s1. The van der Waals surface area contributed by atoms with Gasteiger partial charge in [-0.25, -0.2) is 4.68 Å². The third kappa shape index (κ3) is 3.32. The number of hydrogen-bond donors (Lipinski definition) is 2. The quantitative estimate of drug-likeness (QED) is 0.834. The van der Waals surface area contributed by atoms with E-state index in [1.165, 1.54) is 0 Å². The van der Waals surface area contributed by atoms with Gasteiger partial charge >= 0.3 is 11.8 Å². The Morgan fingerprint density at radius 1 is 1.42 bits per heavy atom. The molecule has 2 aromatic rings. The number of rotatable bonds is 4. The van der Waals surface area contributed by atoms with Gasteiger partial charge in [0.2, 0.25) is 0 Å². The fourth-order valence-electron chi connectivity index (χ4n) is 3.09. The molecule has 0 aromatic carbocycles. The van der Waals surface area contributed by atoms with Crippen molar-refractivity contribution in [3.05, 3.63) is 30.2 Å². The van der Waals surface area contributed by atoms with E-state index in [1.807, 2.05) is 6.92 Å². The molecule has 0 unspecified atom stereocenters. The first kappa shape index (κ1) is 16.2. The van der Waals surface area contributed by atoms with Gasteiger partial charge in [-0.05, 0) is 25.7 Å². The molecule has 1 aliphatic rings. The molecule has 0 bridgehead atoms. The van der Waals surface area contributed by atoms with E-state index in [2.05, 4.69) is 20.6 Å². The Hall–Kier alpha value is -2.64. The molecule has 0 spiro atoms. The van der Waals surface area contributed by atoms with Crippen molar-refractivity contribution >= 4 is 17.6 Å². The van der Waals surface area contributed by atoms with Crippen LogP contribution in [0.5, 0.6) is 0 Å². The number of likely N-dealkylation sites (tertiary alicyclic amines) is 1. The van der Waals surface area contributed by atoms with Crippen molar-refractivity contribution in [1.82, 2.24) is 24.9 Å². The largest absolute Gasteiger partial charge is 0.327 e. The average Bonchev–Trinajstić information content (AvgIpc) is 3.27. The number of carbonyl (C=O) groups is 2. The number of hydrogen-bond acceptors (Lipinski definition) is 4. The molecule has 128 valence electrons. The van der Waals surface area contributed by atoms with Gasteiger partial charge in [0.25, 0.3) is 0 Å². The zero-order chi connectivity index (χ0) is 16.9. The predicted molar refractivity (Wildman–Crippen MR) is 88.0 cm³/mol. The van der Waals surface area contributed by atoms with Gasteiger partial charge in [0.15, 0.2) is 0 Å². The molecule has 8 heteroatoms. The SMILES string of the molecule is CCCn1nccc1NC(=O)C(=O)N1CCCC[C@H]1c1cn[nH]c1. The minimum atomic E-state index is -0.622. The second kappa shape index (κ2) is 7.29. The highest BCUT2D eigenvalue weighted by atomic mass is 16.2. The van der Waals surface area contributed by atoms with E-state index in [1.54, 1.807) is 34.2 Å². The van der Waals surface area contributed by atoms with Crippen LogP contribution in [-0.2, 0) is 16.1 Å². The van der Waals surface area contributed by atoms with Gasteiger partial charge in [-0.2, -0.15) is 10.2 Å². The molecule has 3 rings (SSSR count). The number of anilines is 1. The van der Waals surface area contributed by atoms with E-state index in [-0.39, 0.29) is 6.04 Å². The van der Waals surface area contributed by atoms with Gasteiger partial charge in [0.1, 0.15) is 5.82 Å². The summed E-state index contributed by atoms with van der Waals surface area (Å²) in [7, 11) is 0. The number of aromatic amines is 1. The second-order valence-electron chi connectivity index (χ2n) is 5.94. The number of amides is 2. The Labute approximate surface area is 140 Å². The smallest absolute Gasteiger partial charge is 0.315 e. The van der Waals surface area contributed by atoms with Gasteiger partial charge in [-0.1, -0.05) is 6.92 Å². The molecular formula is C16H22N6O2. The van der Waals surface area contributed by atoms with Crippen LogP contribution in [0.15, 0.2) is 24.7 Å². The topological polar surface area (TPSA) is 95.9 Å². The monoisotopic (exact) mass is 330 g/mol. The molecule has 2 N–H and O–H groups in total. The summed E-state index contributed by atoms with van der Waals surface area (Å²) in [5, 5.41) is 13.6. The van der Waals surface area contributed by atoms with E-state index >= 15 is 0 Å². The van der Waals surface area contributed by atoms with Crippen molar-refractivity contribution in [2.24, 2.45) is 0 Å². The highest BCUT2D eigenvalue weighted by molar-refractivity contribution is 6.39. The van der Waals surface area contributed by atoms with Crippen LogP contribution in [0.1, 0.15) is 44.2 Å². The predicted octanol–water partition coefficient (Wildman–Crippen LogP) is 1.71. The van der Waals surface area contributed by atoms with E-state index < -0.39 is 11.8 Å². The summed E-state index contributed by atoms with van der Waals surface area (Å²) >= 11 is 0. The lowest BCUT2D eigenvalue weighted by molar-refractivity contribution is -0.145. The molecule has 0 radical (unpaired) electrons. The number of H-pyrrole nitrogens is 1. The molecule has 0 aliphatic carbocycles.